The van der Waals surface area contributed by atoms with Crippen LogP contribution in [0.4, 0.5) is 8.78 Å². The predicted octanol–water partition coefficient (Wildman–Crippen LogP) is 2.16. The summed E-state index contributed by atoms with van der Waals surface area (Å²) in [6, 6.07) is 3.26. The number of hydrogen-bond donors (Lipinski definition) is 2. The Bertz CT molecular complexity index is 309. The van der Waals surface area contributed by atoms with Crippen LogP contribution in [0.3, 0.4) is 0 Å². The number of aliphatic hydroxyl groups is 1. The summed E-state index contributed by atoms with van der Waals surface area (Å²) in [7, 11) is 0. The third kappa shape index (κ3) is 4.11. The molecule has 15 heavy (non-hydrogen) atoms. The zero-order valence-electron chi connectivity index (χ0n) is 8.12. The summed E-state index contributed by atoms with van der Waals surface area (Å²) in [4.78, 5) is 0. The van der Waals surface area contributed by atoms with E-state index >= 15 is 0 Å². The first-order chi connectivity index (χ1) is 6.65. The van der Waals surface area contributed by atoms with Crippen molar-refractivity contribution in [2.24, 2.45) is 5.73 Å². The third-order valence-corrected chi connectivity index (χ3v) is 2.05. The Morgan fingerprint density at radius 3 is 2.47 bits per heavy atom. The maximum absolute atomic E-state index is 12.8. The Morgan fingerprint density at radius 2 is 1.93 bits per heavy atom. The highest BCUT2D eigenvalue weighted by atomic mass is 35.5. The van der Waals surface area contributed by atoms with Crippen molar-refractivity contribution in [2.75, 3.05) is 6.61 Å². The van der Waals surface area contributed by atoms with E-state index in [1.807, 2.05) is 0 Å². The maximum atomic E-state index is 12.8. The number of nitrogens with two attached hydrogens (primary N) is 1. The van der Waals surface area contributed by atoms with Gasteiger partial charge in [-0.05, 0) is 30.5 Å². The lowest BCUT2D eigenvalue weighted by Crippen LogP contribution is -2.11. The van der Waals surface area contributed by atoms with Gasteiger partial charge in [-0.3, -0.25) is 0 Å². The van der Waals surface area contributed by atoms with Crippen LogP contribution in [-0.4, -0.2) is 11.7 Å². The van der Waals surface area contributed by atoms with Gasteiger partial charge in [0.05, 0.1) is 0 Å². The quantitative estimate of drug-likeness (QED) is 0.843. The molecule has 0 fully saturated rings. The van der Waals surface area contributed by atoms with Crippen LogP contribution in [0.15, 0.2) is 18.2 Å². The van der Waals surface area contributed by atoms with Crippen LogP contribution in [0.2, 0.25) is 0 Å². The molecular formula is C10H14ClF2NO. The molecule has 0 spiro atoms. The molecule has 1 aromatic rings. The lowest BCUT2D eigenvalue weighted by molar-refractivity contribution is 0.280. The van der Waals surface area contributed by atoms with Gasteiger partial charge >= 0.3 is 0 Å². The fourth-order valence-corrected chi connectivity index (χ4v) is 1.22. The number of halogens is 3. The molecule has 0 aliphatic carbocycles. The van der Waals surface area contributed by atoms with E-state index in [0.717, 1.165) is 12.1 Å². The smallest absolute Gasteiger partial charge is 0.159 e. The number of rotatable bonds is 4. The summed E-state index contributed by atoms with van der Waals surface area (Å²) in [5.74, 6) is -1.76. The van der Waals surface area contributed by atoms with E-state index in [0.29, 0.717) is 18.4 Å². The van der Waals surface area contributed by atoms with Crippen molar-refractivity contribution in [1.29, 1.82) is 0 Å². The molecule has 0 unspecified atom stereocenters. The molecule has 2 nitrogen and oxygen atoms in total. The Labute approximate surface area is 93.5 Å². The first-order valence-corrected chi connectivity index (χ1v) is 4.46. The van der Waals surface area contributed by atoms with Crippen LogP contribution >= 0.6 is 12.4 Å². The molecule has 1 atom stereocenters. The van der Waals surface area contributed by atoms with Crippen molar-refractivity contribution in [1.82, 2.24) is 0 Å². The minimum Gasteiger partial charge on any atom is -0.396 e. The van der Waals surface area contributed by atoms with Gasteiger partial charge in [0.2, 0.25) is 0 Å². The Hall–Kier alpha value is -0.710. The Kier molecular flexibility index (Phi) is 6.40. The molecule has 0 heterocycles. The molecule has 0 aromatic heterocycles. The second-order valence-corrected chi connectivity index (χ2v) is 3.15. The topological polar surface area (TPSA) is 46.2 Å². The van der Waals surface area contributed by atoms with Gasteiger partial charge in [0.25, 0.3) is 0 Å². The summed E-state index contributed by atoms with van der Waals surface area (Å²) < 4.78 is 25.3. The minimum atomic E-state index is -0.887. The van der Waals surface area contributed by atoms with E-state index in [-0.39, 0.29) is 25.1 Å². The summed E-state index contributed by atoms with van der Waals surface area (Å²) in [5.41, 5.74) is 6.25. The molecule has 1 rings (SSSR count). The third-order valence-electron chi connectivity index (χ3n) is 2.05. The van der Waals surface area contributed by atoms with E-state index in [9.17, 15) is 8.78 Å². The highest BCUT2D eigenvalue weighted by Gasteiger charge is 2.08. The largest absolute Gasteiger partial charge is 0.396 e. The average molecular weight is 238 g/mol. The molecule has 5 heteroatoms. The molecule has 0 bridgehead atoms. The fourth-order valence-electron chi connectivity index (χ4n) is 1.22. The van der Waals surface area contributed by atoms with E-state index in [4.69, 9.17) is 10.8 Å². The van der Waals surface area contributed by atoms with Crippen LogP contribution in [0, 0.1) is 11.6 Å². The lowest BCUT2D eigenvalue weighted by Gasteiger charge is -2.11. The van der Waals surface area contributed by atoms with Gasteiger partial charge in [0.15, 0.2) is 11.6 Å². The molecule has 1 aromatic carbocycles. The molecule has 86 valence electrons. The van der Waals surface area contributed by atoms with Crippen molar-refractivity contribution in [2.45, 2.75) is 18.9 Å². The summed E-state index contributed by atoms with van der Waals surface area (Å²) >= 11 is 0. The predicted molar refractivity (Wildman–Crippen MR) is 56.9 cm³/mol. The van der Waals surface area contributed by atoms with Crippen LogP contribution in [0.25, 0.3) is 0 Å². The van der Waals surface area contributed by atoms with Crippen molar-refractivity contribution in [3.05, 3.63) is 35.4 Å². The molecule has 0 aliphatic heterocycles. The van der Waals surface area contributed by atoms with Crippen LogP contribution < -0.4 is 5.73 Å². The molecule has 0 saturated heterocycles. The Morgan fingerprint density at radius 1 is 1.27 bits per heavy atom. The van der Waals surface area contributed by atoms with Gasteiger partial charge in [-0.25, -0.2) is 8.78 Å². The first-order valence-electron chi connectivity index (χ1n) is 4.46. The molecule has 0 radical (unpaired) electrons. The van der Waals surface area contributed by atoms with Crippen molar-refractivity contribution in [3.8, 4) is 0 Å². The van der Waals surface area contributed by atoms with Gasteiger partial charge in [-0.15, -0.1) is 12.4 Å². The second kappa shape index (κ2) is 6.71. The summed E-state index contributed by atoms with van der Waals surface area (Å²) in [6.07, 6.45) is 1.11. The van der Waals surface area contributed by atoms with E-state index < -0.39 is 11.6 Å². The van der Waals surface area contributed by atoms with Crippen molar-refractivity contribution < 1.29 is 13.9 Å². The molecule has 0 amide bonds. The fraction of sp³-hybridized carbons (Fsp3) is 0.400. The molecule has 0 aliphatic rings. The van der Waals surface area contributed by atoms with Crippen LogP contribution in [0.5, 0.6) is 0 Å². The Balaban J connectivity index is 0.00000196. The van der Waals surface area contributed by atoms with E-state index in [2.05, 4.69) is 0 Å². The number of benzene rings is 1. The van der Waals surface area contributed by atoms with Gasteiger partial charge < -0.3 is 10.8 Å². The van der Waals surface area contributed by atoms with Gasteiger partial charge in [-0.1, -0.05) is 6.07 Å². The molecule has 3 N–H and O–H groups in total. The molecular weight excluding hydrogens is 224 g/mol. The monoisotopic (exact) mass is 237 g/mol. The average Bonchev–Trinajstić information content (AvgIpc) is 2.18. The van der Waals surface area contributed by atoms with Gasteiger partial charge in [0, 0.05) is 12.6 Å². The second-order valence-electron chi connectivity index (χ2n) is 3.15. The number of aliphatic hydroxyl groups excluding tert-OH is 1. The van der Waals surface area contributed by atoms with Gasteiger partial charge in [-0.2, -0.15) is 0 Å². The standard InChI is InChI=1S/C10H13F2NO.ClH/c11-8-4-3-7(6-9(8)12)10(13)2-1-5-14;/h3-4,6,10,14H,1-2,5,13H2;1H/t10-;/m1./s1. The SMILES string of the molecule is Cl.N[C@H](CCCO)c1ccc(F)c(F)c1. The zero-order chi connectivity index (χ0) is 10.6. The number of hydrogen-bond acceptors (Lipinski definition) is 2. The first kappa shape index (κ1) is 14.3. The van der Waals surface area contributed by atoms with E-state index in [1.54, 1.807) is 0 Å². The minimum absolute atomic E-state index is 0. The highest BCUT2D eigenvalue weighted by molar-refractivity contribution is 5.85. The van der Waals surface area contributed by atoms with Crippen LogP contribution in [0.1, 0.15) is 24.4 Å². The normalized spacial score (nSPS) is 12.0. The van der Waals surface area contributed by atoms with Crippen LogP contribution in [-0.2, 0) is 0 Å². The van der Waals surface area contributed by atoms with Crippen molar-refractivity contribution >= 4 is 12.4 Å². The maximum Gasteiger partial charge on any atom is 0.159 e. The summed E-state index contributed by atoms with van der Waals surface area (Å²) in [6.45, 7) is 0.0530. The summed E-state index contributed by atoms with van der Waals surface area (Å²) in [5, 5.41) is 8.57. The zero-order valence-corrected chi connectivity index (χ0v) is 8.94. The lowest BCUT2D eigenvalue weighted by atomic mass is 10.0. The van der Waals surface area contributed by atoms with Crippen molar-refractivity contribution in [3.63, 3.8) is 0 Å². The molecule has 0 saturated carbocycles. The van der Waals surface area contributed by atoms with Gasteiger partial charge in [0.1, 0.15) is 0 Å². The van der Waals surface area contributed by atoms with E-state index in [1.165, 1.54) is 6.07 Å². The highest BCUT2D eigenvalue weighted by Crippen LogP contribution is 2.17.